The number of carboxylic acid groups (broad SMARTS) is 1. The second-order valence-corrected chi connectivity index (χ2v) is 7.72. The summed E-state index contributed by atoms with van der Waals surface area (Å²) in [5.74, 6) is -1.50. The molecule has 0 radical (unpaired) electrons. The summed E-state index contributed by atoms with van der Waals surface area (Å²) in [7, 11) is 0. The van der Waals surface area contributed by atoms with E-state index in [9.17, 15) is 14.4 Å². The Bertz CT molecular complexity index is 1370. The van der Waals surface area contributed by atoms with E-state index in [4.69, 9.17) is 13.9 Å². The molecule has 1 amide bonds. The summed E-state index contributed by atoms with van der Waals surface area (Å²) in [4.78, 5) is 35.9. The third-order valence-corrected chi connectivity index (χ3v) is 5.71. The van der Waals surface area contributed by atoms with E-state index < -0.39 is 23.5 Å². The Morgan fingerprint density at radius 3 is 2.53 bits per heavy atom. The number of furan rings is 1. The predicted octanol–water partition coefficient (Wildman–Crippen LogP) is 4.43. The second kappa shape index (κ2) is 8.70. The first-order chi connectivity index (χ1) is 15.4. The summed E-state index contributed by atoms with van der Waals surface area (Å²) in [6, 6.07) is 12.6. The average molecular weight is 433 g/mol. The van der Waals surface area contributed by atoms with Crippen molar-refractivity contribution in [2.45, 2.75) is 39.2 Å². The molecule has 4 rings (SSSR count). The number of rotatable bonds is 7. The fraction of sp³-hybridized carbons (Fsp3) is 0.240. The third-order valence-electron chi connectivity index (χ3n) is 5.71. The van der Waals surface area contributed by atoms with Crippen LogP contribution in [0.5, 0.6) is 0 Å². The minimum Gasteiger partial charge on any atom is -0.480 e. The summed E-state index contributed by atoms with van der Waals surface area (Å²) < 4.78 is 11.2. The van der Waals surface area contributed by atoms with Crippen molar-refractivity contribution in [3.05, 3.63) is 70.3 Å². The van der Waals surface area contributed by atoms with Crippen LogP contribution in [-0.4, -0.2) is 23.0 Å². The summed E-state index contributed by atoms with van der Waals surface area (Å²) in [5, 5.41) is 13.2. The first-order valence-corrected chi connectivity index (χ1v) is 10.4. The molecule has 4 aromatic rings. The van der Waals surface area contributed by atoms with Crippen molar-refractivity contribution < 1.29 is 23.5 Å². The van der Waals surface area contributed by atoms with Crippen LogP contribution in [0.3, 0.4) is 0 Å². The molecule has 0 bridgehead atoms. The van der Waals surface area contributed by atoms with Crippen LogP contribution in [0.4, 0.5) is 0 Å². The molecule has 0 aliphatic heterocycles. The number of amides is 1. The maximum atomic E-state index is 12.6. The average Bonchev–Trinajstić information content (AvgIpc) is 3.19. The van der Waals surface area contributed by atoms with Gasteiger partial charge >= 0.3 is 11.6 Å². The van der Waals surface area contributed by atoms with Crippen LogP contribution in [0.25, 0.3) is 33.1 Å². The lowest BCUT2D eigenvalue weighted by molar-refractivity contribution is -0.141. The van der Waals surface area contributed by atoms with Crippen LogP contribution in [0, 0.1) is 6.92 Å². The third kappa shape index (κ3) is 4.01. The molecule has 2 N–H and O–H groups in total. The molecule has 32 heavy (non-hydrogen) atoms. The van der Waals surface area contributed by atoms with Gasteiger partial charge in [-0.15, -0.1) is 0 Å². The van der Waals surface area contributed by atoms with Crippen molar-refractivity contribution in [3.63, 3.8) is 0 Å². The molecule has 0 unspecified atom stereocenters. The van der Waals surface area contributed by atoms with Crippen LogP contribution in [0.2, 0.25) is 0 Å². The van der Waals surface area contributed by atoms with Crippen molar-refractivity contribution >= 4 is 33.8 Å². The lowest BCUT2D eigenvalue weighted by Crippen LogP contribution is -2.40. The Morgan fingerprint density at radius 1 is 1.09 bits per heavy atom. The summed E-state index contributed by atoms with van der Waals surface area (Å²) in [5.41, 5.74) is 3.61. The highest BCUT2D eigenvalue weighted by molar-refractivity contribution is 6.02. The van der Waals surface area contributed by atoms with Gasteiger partial charge < -0.3 is 19.3 Å². The highest BCUT2D eigenvalue weighted by Gasteiger charge is 2.19. The van der Waals surface area contributed by atoms with Crippen LogP contribution in [0.1, 0.15) is 30.9 Å². The standard InChI is InChI=1S/C25H23NO6/c1-3-20(24(28)29)26-23(27)10-9-16-14(2)17-11-18-19(15-7-5-4-6-8-15)13-31-21(18)12-22(17)32-25(16)30/h4-8,11-13,20H,3,9-10H2,1-2H3,(H,26,27)(H,28,29)/t20-/m0/s1. The van der Waals surface area contributed by atoms with Crippen LogP contribution in [0.15, 0.2) is 62.4 Å². The van der Waals surface area contributed by atoms with Gasteiger partial charge in [-0.1, -0.05) is 37.3 Å². The highest BCUT2D eigenvalue weighted by Crippen LogP contribution is 2.34. The van der Waals surface area contributed by atoms with Crippen molar-refractivity contribution in [2.24, 2.45) is 0 Å². The molecule has 2 heterocycles. The fourth-order valence-corrected chi connectivity index (χ4v) is 3.88. The number of benzene rings is 2. The van der Waals surface area contributed by atoms with Gasteiger partial charge in [-0.05, 0) is 37.0 Å². The quantitative estimate of drug-likeness (QED) is 0.417. The van der Waals surface area contributed by atoms with E-state index in [2.05, 4.69) is 5.32 Å². The minimum atomic E-state index is -1.08. The van der Waals surface area contributed by atoms with Gasteiger partial charge in [0, 0.05) is 34.4 Å². The number of hydrogen-bond acceptors (Lipinski definition) is 5. The zero-order chi connectivity index (χ0) is 22.8. The van der Waals surface area contributed by atoms with E-state index in [1.807, 2.05) is 43.3 Å². The van der Waals surface area contributed by atoms with E-state index >= 15 is 0 Å². The number of hydrogen-bond donors (Lipinski definition) is 2. The normalized spacial score (nSPS) is 12.2. The van der Waals surface area contributed by atoms with Crippen molar-refractivity contribution in [2.75, 3.05) is 0 Å². The van der Waals surface area contributed by atoms with Crippen molar-refractivity contribution in [1.29, 1.82) is 0 Å². The number of carbonyl (C=O) groups excluding carboxylic acids is 1. The monoisotopic (exact) mass is 433 g/mol. The molecule has 2 aromatic heterocycles. The van der Waals surface area contributed by atoms with Gasteiger partial charge in [-0.25, -0.2) is 9.59 Å². The maximum Gasteiger partial charge on any atom is 0.339 e. The smallest absolute Gasteiger partial charge is 0.339 e. The molecule has 0 aliphatic carbocycles. The van der Waals surface area contributed by atoms with Crippen molar-refractivity contribution in [3.8, 4) is 11.1 Å². The van der Waals surface area contributed by atoms with E-state index in [0.29, 0.717) is 16.7 Å². The van der Waals surface area contributed by atoms with Gasteiger partial charge in [0.05, 0.1) is 6.26 Å². The first-order valence-electron chi connectivity index (χ1n) is 10.4. The first kappa shape index (κ1) is 21.4. The number of carbonyl (C=O) groups is 2. The van der Waals surface area contributed by atoms with Gasteiger partial charge in [0.15, 0.2) is 0 Å². The zero-order valence-corrected chi connectivity index (χ0v) is 17.8. The number of aryl methyl sites for hydroxylation is 1. The number of carboxylic acids is 1. The molecular formula is C25H23NO6. The SMILES string of the molecule is CC[C@H](NC(=O)CCc1c(C)c2cc3c(-c4ccccc4)coc3cc2oc1=O)C(=O)O. The van der Waals surface area contributed by atoms with Crippen molar-refractivity contribution in [1.82, 2.24) is 5.32 Å². The van der Waals surface area contributed by atoms with Gasteiger partial charge in [-0.2, -0.15) is 0 Å². The van der Waals surface area contributed by atoms with E-state index in [1.54, 1.807) is 19.3 Å². The van der Waals surface area contributed by atoms with Crippen LogP contribution < -0.4 is 10.9 Å². The van der Waals surface area contributed by atoms with E-state index in [0.717, 1.165) is 27.5 Å². The Hall–Kier alpha value is -3.87. The Kier molecular flexibility index (Phi) is 5.81. The lowest BCUT2D eigenvalue weighted by atomic mass is 9.99. The largest absolute Gasteiger partial charge is 0.480 e. The molecule has 0 fully saturated rings. The molecule has 0 aliphatic rings. The van der Waals surface area contributed by atoms with Gasteiger partial charge in [0.1, 0.15) is 17.2 Å². The van der Waals surface area contributed by atoms with E-state index in [1.165, 1.54) is 0 Å². The predicted molar refractivity (Wildman–Crippen MR) is 121 cm³/mol. The van der Waals surface area contributed by atoms with Gasteiger partial charge in [0.2, 0.25) is 5.91 Å². The van der Waals surface area contributed by atoms with Crippen LogP contribution in [-0.2, 0) is 16.0 Å². The molecule has 1 atom stereocenters. The molecule has 7 heteroatoms. The Labute approximate surface area is 183 Å². The maximum absolute atomic E-state index is 12.6. The number of nitrogens with one attached hydrogen (secondary N) is 1. The van der Waals surface area contributed by atoms with Gasteiger partial charge in [0.25, 0.3) is 0 Å². The summed E-state index contributed by atoms with van der Waals surface area (Å²) >= 11 is 0. The molecule has 0 saturated heterocycles. The minimum absolute atomic E-state index is 0.00981. The summed E-state index contributed by atoms with van der Waals surface area (Å²) in [6.45, 7) is 3.51. The molecular weight excluding hydrogens is 410 g/mol. The molecule has 0 saturated carbocycles. The zero-order valence-electron chi connectivity index (χ0n) is 17.8. The molecule has 2 aromatic carbocycles. The van der Waals surface area contributed by atoms with E-state index in [-0.39, 0.29) is 19.3 Å². The highest BCUT2D eigenvalue weighted by atomic mass is 16.4. The molecule has 7 nitrogen and oxygen atoms in total. The fourth-order valence-electron chi connectivity index (χ4n) is 3.88. The Balaban J connectivity index is 1.68. The lowest BCUT2D eigenvalue weighted by Gasteiger charge is -2.12. The molecule has 164 valence electrons. The number of aliphatic carboxylic acids is 1. The van der Waals surface area contributed by atoms with Gasteiger partial charge in [-0.3, -0.25) is 4.79 Å². The topological polar surface area (TPSA) is 110 Å². The van der Waals surface area contributed by atoms with Crippen LogP contribution >= 0.6 is 0 Å². The summed E-state index contributed by atoms with van der Waals surface area (Å²) in [6.07, 6.45) is 2.11. The number of fused-ring (bicyclic) bond motifs is 2. The molecule has 0 spiro atoms. The Morgan fingerprint density at radius 2 is 1.84 bits per heavy atom. The second-order valence-electron chi connectivity index (χ2n) is 7.72.